The number of H-pyrrole nitrogens is 2. The van der Waals surface area contributed by atoms with E-state index in [0.717, 1.165) is 10.1 Å². The van der Waals surface area contributed by atoms with Crippen LogP contribution in [0.2, 0.25) is 0 Å². The molecule has 0 fully saturated rings. The summed E-state index contributed by atoms with van der Waals surface area (Å²) in [6.45, 7) is -0.0436. The molecular formula is C21H15N3O6. The number of nitrogens with one attached hydrogen (secondary N) is 2. The van der Waals surface area contributed by atoms with E-state index in [4.69, 9.17) is 9.47 Å². The molecule has 9 nitrogen and oxygen atoms in total. The number of aromatic nitrogens is 3. The number of aromatic amines is 2. The van der Waals surface area contributed by atoms with Gasteiger partial charge in [-0.05, 0) is 11.6 Å². The summed E-state index contributed by atoms with van der Waals surface area (Å²) in [5.41, 5.74) is -2.22. The summed E-state index contributed by atoms with van der Waals surface area (Å²) in [4.78, 5) is 52.3. The van der Waals surface area contributed by atoms with E-state index in [9.17, 15) is 19.2 Å². The number of rotatable bonds is 4. The van der Waals surface area contributed by atoms with Crippen molar-refractivity contribution >= 4 is 21.7 Å². The van der Waals surface area contributed by atoms with E-state index in [1.165, 1.54) is 18.5 Å². The Hall–Kier alpha value is -4.14. The molecule has 0 aliphatic carbocycles. The van der Waals surface area contributed by atoms with E-state index < -0.39 is 38.8 Å². The quantitative estimate of drug-likeness (QED) is 0.521. The predicted molar refractivity (Wildman–Crippen MR) is 109 cm³/mol. The van der Waals surface area contributed by atoms with Gasteiger partial charge in [-0.1, -0.05) is 30.3 Å². The van der Waals surface area contributed by atoms with Crippen LogP contribution < -0.4 is 22.0 Å². The normalized spacial score (nSPS) is 14.5. The lowest BCUT2D eigenvalue weighted by Crippen LogP contribution is -2.33. The van der Waals surface area contributed by atoms with Crippen LogP contribution in [0.5, 0.6) is 0 Å². The standard InChI is InChI=1S/C21H15N3O6/c25-18-12-6-7-22-23-17(12)19(26)16-15(18)20(27)24(21(16)28)13(14-9-29-10-30-14)8-11-4-2-1-3-5-11/h1-7,9,13,22-23H,8,10H2. The lowest BCUT2D eigenvalue weighted by molar-refractivity contribution is 0.0708. The van der Waals surface area contributed by atoms with Crippen LogP contribution in [0.15, 0.2) is 73.8 Å². The molecule has 3 heterocycles. The lowest BCUT2D eigenvalue weighted by atomic mass is 10.0. The van der Waals surface area contributed by atoms with E-state index in [1.807, 2.05) is 30.3 Å². The summed E-state index contributed by atoms with van der Waals surface area (Å²) in [5, 5.41) is 4.41. The average Bonchev–Trinajstić information content (AvgIpc) is 3.38. The summed E-state index contributed by atoms with van der Waals surface area (Å²) in [6.07, 6.45) is 3.01. The molecular weight excluding hydrogens is 390 g/mol. The van der Waals surface area contributed by atoms with Crippen LogP contribution in [0.4, 0.5) is 0 Å². The van der Waals surface area contributed by atoms with Gasteiger partial charge >= 0.3 is 0 Å². The minimum atomic E-state index is -0.861. The third-order valence-corrected chi connectivity index (χ3v) is 5.25. The highest BCUT2D eigenvalue weighted by molar-refractivity contribution is 5.95. The van der Waals surface area contributed by atoms with Crippen molar-refractivity contribution in [3.05, 3.63) is 101 Å². The highest BCUT2D eigenvalue weighted by atomic mass is 16.7. The first-order valence-corrected chi connectivity index (χ1v) is 9.20. The molecule has 0 radical (unpaired) electrons. The van der Waals surface area contributed by atoms with E-state index in [1.54, 1.807) is 0 Å². The Balaban J connectivity index is 1.83. The fraction of sp³-hybridized carbons (Fsp3) is 0.143. The molecule has 0 amide bonds. The lowest BCUT2D eigenvalue weighted by Gasteiger charge is -2.17. The number of hydrogen-bond donors (Lipinski definition) is 2. The second-order valence-corrected chi connectivity index (χ2v) is 6.93. The van der Waals surface area contributed by atoms with Crippen LogP contribution in [0.3, 0.4) is 0 Å². The topological polar surface area (TPSA) is 123 Å². The SMILES string of the molecule is O=c1c2cc[nH][nH]c2c(=O)c2c(=O)n(C(Cc3ccccc3)C3=COCO3)c(=O)c12. The summed E-state index contributed by atoms with van der Waals surface area (Å²) in [7, 11) is 0. The average molecular weight is 405 g/mol. The van der Waals surface area contributed by atoms with E-state index in [0.29, 0.717) is 0 Å². The van der Waals surface area contributed by atoms with Crippen molar-refractivity contribution in [2.24, 2.45) is 0 Å². The molecule has 30 heavy (non-hydrogen) atoms. The predicted octanol–water partition coefficient (Wildman–Crippen LogP) is 0.959. The van der Waals surface area contributed by atoms with Crippen molar-refractivity contribution in [1.29, 1.82) is 0 Å². The third kappa shape index (κ3) is 2.55. The Morgan fingerprint density at radius 2 is 1.70 bits per heavy atom. The Labute approximate surface area is 167 Å². The molecule has 1 aliphatic heterocycles. The van der Waals surface area contributed by atoms with Gasteiger partial charge in [0, 0.05) is 12.6 Å². The van der Waals surface area contributed by atoms with Crippen molar-refractivity contribution < 1.29 is 9.47 Å². The van der Waals surface area contributed by atoms with Crippen LogP contribution in [0, 0.1) is 0 Å². The second-order valence-electron chi connectivity index (χ2n) is 6.93. The molecule has 9 heteroatoms. The molecule has 2 aromatic carbocycles. The second kappa shape index (κ2) is 6.73. The number of ether oxygens (including phenoxy) is 2. The minimum Gasteiger partial charge on any atom is -0.462 e. The molecule has 2 aromatic heterocycles. The van der Waals surface area contributed by atoms with Crippen LogP contribution in [0.25, 0.3) is 21.7 Å². The number of allylic oxidation sites excluding steroid dienone is 1. The van der Waals surface area contributed by atoms with Gasteiger partial charge in [0.1, 0.15) is 28.6 Å². The van der Waals surface area contributed by atoms with E-state index in [-0.39, 0.29) is 29.9 Å². The maximum Gasteiger partial charge on any atom is 0.266 e. The Kier molecular flexibility index (Phi) is 4.02. The molecule has 5 rings (SSSR count). The van der Waals surface area contributed by atoms with Gasteiger partial charge in [0.15, 0.2) is 5.76 Å². The fourth-order valence-electron chi connectivity index (χ4n) is 3.85. The van der Waals surface area contributed by atoms with Crippen molar-refractivity contribution in [1.82, 2.24) is 14.8 Å². The Morgan fingerprint density at radius 3 is 2.40 bits per heavy atom. The Bertz CT molecular complexity index is 1450. The van der Waals surface area contributed by atoms with Gasteiger partial charge in [-0.3, -0.25) is 28.8 Å². The molecule has 150 valence electrons. The molecule has 0 saturated heterocycles. The molecule has 1 unspecified atom stereocenters. The number of benzene rings is 2. The highest BCUT2D eigenvalue weighted by Gasteiger charge is 2.30. The molecule has 0 bridgehead atoms. The summed E-state index contributed by atoms with van der Waals surface area (Å²) in [5.74, 6) is 0.276. The minimum absolute atomic E-state index is 0.0415. The van der Waals surface area contributed by atoms with Gasteiger partial charge in [-0.15, -0.1) is 0 Å². The monoisotopic (exact) mass is 405 g/mol. The summed E-state index contributed by atoms with van der Waals surface area (Å²) in [6, 6.07) is 9.74. The molecule has 1 aliphatic rings. The largest absolute Gasteiger partial charge is 0.462 e. The first-order valence-electron chi connectivity index (χ1n) is 9.20. The number of hydrogen-bond acceptors (Lipinski definition) is 6. The van der Waals surface area contributed by atoms with Crippen molar-refractivity contribution in [2.75, 3.05) is 6.79 Å². The zero-order valence-electron chi connectivity index (χ0n) is 15.5. The smallest absolute Gasteiger partial charge is 0.266 e. The van der Waals surface area contributed by atoms with Crippen molar-refractivity contribution in [3.8, 4) is 0 Å². The number of fused-ring (bicyclic) bond motifs is 2. The first kappa shape index (κ1) is 17.9. The zero-order valence-corrected chi connectivity index (χ0v) is 15.5. The molecule has 0 saturated carbocycles. The van der Waals surface area contributed by atoms with Crippen LogP contribution in [-0.4, -0.2) is 21.6 Å². The maximum atomic E-state index is 13.2. The van der Waals surface area contributed by atoms with E-state index >= 15 is 0 Å². The molecule has 4 aromatic rings. The van der Waals surface area contributed by atoms with Gasteiger partial charge in [0.05, 0.1) is 5.39 Å². The van der Waals surface area contributed by atoms with Crippen LogP contribution in [0.1, 0.15) is 11.6 Å². The Morgan fingerprint density at radius 1 is 0.967 bits per heavy atom. The molecule has 1 atom stereocenters. The van der Waals surface area contributed by atoms with Gasteiger partial charge in [0.2, 0.25) is 17.7 Å². The van der Waals surface area contributed by atoms with Crippen LogP contribution >= 0.6 is 0 Å². The summed E-state index contributed by atoms with van der Waals surface area (Å²) >= 11 is 0. The molecule has 2 N–H and O–H groups in total. The van der Waals surface area contributed by atoms with Crippen molar-refractivity contribution in [3.63, 3.8) is 0 Å². The van der Waals surface area contributed by atoms with Gasteiger partial charge in [-0.2, -0.15) is 0 Å². The zero-order chi connectivity index (χ0) is 20.8. The third-order valence-electron chi connectivity index (χ3n) is 5.25. The van der Waals surface area contributed by atoms with Crippen molar-refractivity contribution in [2.45, 2.75) is 12.5 Å². The molecule has 0 spiro atoms. The van der Waals surface area contributed by atoms with Crippen LogP contribution in [-0.2, 0) is 15.9 Å². The van der Waals surface area contributed by atoms with E-state index in [2.05, 4.69) is 10.2 Å². The van der Waals surface area contributed by atoms with Gasteiger partial charge < -0.3 is 14.6 Å². The number of nitrogens with zero attached hydrogens (tertiary/aromatic N) is 1. The van der Waals surface area contributed by atoms with Gasteiger partial charge in [0.25, 0.3) is 11.1 Å². The fourth-order valence-corrected chi connectivity index (χ4v) is 3.85. The van der Waals surface area contributed by atoms with Gasteiger partial charge in [-0.25, -0.2) is 0 Å². The first-order chi connectivity index (χ1) is 14.6. The highest BCUT2D eigenvalue weighted by Crippen LogP contribution is 2.25. The summed E-state index contributed by atoms with van der Waals surface area (Å²) < 4.78 is 11.5. The maximum absolute atomic E-state index is 13.2.